The summed E-state index contributed by atoms with van der Waals surface area (Å²) in [5.41, 5.74) is 0. The molecule has 4 saturated heterocycles. The monoisotopic (exact) mass is 2050 g/mol. The molecule has 60 nitrogen and oxygen atoms in total. The quantitative estimate of drug-likeness (QED) is 0.0238. The van der Waals surface area contributed by atoms with Gasteiger partial charge >= 0.3 is 384 Å². The van der Waals surface area contributed by atoms with Crippen molar-refractivity contribution in [2.75, 3.05) is 33.0 Å². The van der Waals surface area contributed by atoms with Crippen molar-refractivity contribution >= 4 is 135 Å². The van der Waals surface area contributed by atoms with Gasteiger partial charge in [-0.2, -0.15) is 0 Å². The number of hydrogen-bond donors (Lipinski definition) is 0. The first kappa shape index (κ1) is 145. The zero-order valence-electron chi connectivity index (χ0n) is 60.3. The molecule has 1 unspecified atom stereocenters. The Kier molecular flexibility index (Phi) is 76.3. The van der Waals surface area contributed by atoms with E-state index in [1.165, 1.54) is 6.92 Å². The molecule has 0 aliphatic carbocycles. The molecule has 4 aliphatic rings. The van der Waals surface area contributed by atoms with Crippen molar-refractivity contribution in [2.45, 2.75) is 143 Å². The van der Waals surface area contributed by atoms with Crippen molar-refractivity contribution in [3.8, 4) is 0 Å². The Morgan fingerprint density at radius 3 is 0.561 bits per heavy atom. The summed E-state index contributed by atoms with van der Waals surface area (Å²) in [6, 6.07) is 0. The second-order valence-corrected chi connectivity index (χ2v) is 32.0. The average Bonchev–Trinajstić information content (AvgIpc) is 0.752. The van der Waals surface area contributed by atoms with E-state index in [-0.39, 0.29) is 397 Å². The molecule has 0 saturated carbocycles. The van der Waals surface area contributed by atoms with Crippen LogP contribution in [-0.4, -0.2) is 324 Å². The molecule has 0 bridgehead atoms. The summed E-state index contributed by atoms with van der Waals surface area (Å²) in [6.45, 7) is -9.10. The molecule has 0 spiro atoms. The van der Waals surface area contributed by atoms with Crippen molar-refractivity contribution in [1.29, 1.82) is 0 Å². The van der Waals surface area contributed by atoms with Gasteiger partial charge in [0, 0.05) is 6.61 Å². The molecule has 86 heteroatoms. The van der Waals surface area contributed by atoms with E-state index in [2.05, 4.69) is 54.4 Å². The van der Waals surface area contributed by atoms with Gasteiger partial charge in [-0.05, 0) is 6.42 Å². The third-order valence-electron chi connectivity index (χ3n) is 11.6. The molecule has 0 amide bonds. The largest absolute Gasteiger partial charge is 1.00 e. The smallest absolute Gasteiger partial charge is 0.726 e. The van der Waals surface area contributed by atoms with E-state index < -0.39 is 291 Å². The van der Waals surface area contributed by atoms with E-state index in [9.17, 15) is 169 Å². The van der Waals surface area contributed by atoms with Crippen molar-refractivity contribution < 1.29 is 645 Å². The molecular weight excluding hydrogens is 2010 g/mol. The number of rotatable bonds is 40. The summed E-state index contributed by atoms with van der Waals surface area (Å²) in [4.78, 5) is 0. The normalized spacial score (nSPS) is 28.6. The van der Waals surface area contributed by atoms with E-state index in [0.717, 1.165) is 0 Å². The van der Waals surface area contributed by atoms with Crippen LogP contribution in [0.1, 0.15) is 19.8 Å². The summed E-state index contributed by atoms with van der Waals surface area (Å²) in [6.07, 6.45) is -75.9. The van der Waals surface area contributed by atoms with E-state index in [4.69, 9.17) is 37.9 Å². The Morgan fingerprint density at radius 1 is 0.219 bits per heavy atom. The second-order valence-electron chi connectivity index (χ2n) is 18.7. The Balaban J connectivity index is -0.00000104. The molecular formula is C28H37Na13O60S13. The number of hydrogen-bond acceptors (Lipinski definition) is 60. The minimum atomic E-state index is -7.21. The van der Waals surface area contributed by atoms with E-state index in [1.807, 2.05) is 0 Å². The molecule has 20 atom stereocenters. The summed E-state index contributed by atoms with van der Waals surface area (Å²) in [5, 5.41) is 0. The average molecular weight is 2050 g/mol. The zero-order valence-corrected chi connectivity index (χ0v) is 96.9. The third kappa shape index (κ3) is 58.4. The fourth-order valence-electron chi connectivity index (χ4n) is 8.60. The summed E-state index contributed by atoms with van der Waals surface area (Å²) >= 11 is 0. The predicted molar refractivity (Wildman–Crippen MR) is 264 cm³/mol. The summed E-state index contributed by atoms with van der Waals surface area (Å²) in [7, 11) is -87.9. The molecule has 0 aromatic carbocycles. The van der Waals surface area contributed by atoms with Gasteiger partial charge in [0.15, 0.2) is 49.6 Å². The van der Waals surface area contributed by atoms with Gasteiger partial charge in [0.2, 0.25) is 135 Å². The van der Waals surface area contributed by atoms with Crippen LogP contribution in [0.15, 0.2) is 0 Å². The first-order chi connectivity index (χ1) is 45.1. The van der Waals surface area contributed by atoms with Crippen LogP contribution in [0, 0.1) is 0 Å². The maximum Gasteiger partial charge on any atom is 1.00 e. The molecule has 0 radical (unpaired) electrons. The SMILES string of the molecule is CCCCOC1O[C@H](COS(=O)(=O)[O-])[C@@H](OS(=O)(=O)[O-])[C@H](O[C@@H]2O[C@H](COS(=O)(=O)[O-])[C@@H](OS(=O)(=O)[O-])[C@H](O[C@@H]3O[C@H](COS(=O)(=O)[O-])[C@@H](OS(=O)(=O)[O-])[C@H](O[C@@H]4O[C@H](COS(=O)(=O)[O-])[C@@H](OS(=O)(=O)[O-])[C@H](OS(=O)(=O)[O-])[C@H]4OS(=O)(=O)[O-])[C@H]3OS(=O)(=O)[O-])[C@H]2OS(=O)(=O)[O-])[C@H]1OS(=O)(=O)[O-].[Na+].[Na+].[Na+].[Na+].[Na+].[Na+].[Na+].[Na+].[Na+].[Na+].[Na+].[Na+].[Na+]. The molecule has 0 N–H and O–H groups in total. The van der Waals surface area contributed by atoms with E-state index in [1.54, 1.807) is 0 Å². The van der Waals surface area contributed by atoms with Gasteiger partial charge in [-0.1, -0.05) is 13.3 Å². The van der Waals surface area contributed by atoms with Crippen LogP contribution >= 0.6 is 0 Å². The van der Waals surface area contributed by atoms with Crippen LogP contribution in [0.25, 0.3) is 0 Å². The van der Waals surface area contributed by atoms with Gasteiger partial charge < -0.3 is 97.1 Å². The molecule has 0 aromatic heterocycles. The number of ether oxygens (including phenoxy) is 8. The van der Waals surface area contributed by atoms with Crippen molar-refractivity contribution in [3.63, 3.8) is 0 Å². The first-order valence-electron chi connectivity index (χ1n) is 24.4. The Labute approximate surface area is 937 Å². The molecule has 4 rings (SSSR count). The van der Waals surface area contributed by atoms with Gasteiger partial charge in [0.25, 0.3) is 0 Å². The van der Waals surface area contributed by atoms with E-state index in [0.29, 0.717) is 0 Å². The van der Waals surface area contributed by atoms with Crippen molar-refractivity contribution in [1.82, 2.24) is 0 Å². The molecule has 114 heavy (non-hydrogen) atoms. The molecule has 4 aliphatic heterocycles. The molecule has 4 fully saturated rings. The first-order valence-corrected chi connectivity index (χ1v) is 41.8. The minimum Gasteiger partial charge on any atom is -0.726 e. The zero-order chi connectivity index (χ0) is 77.8. The Bertz CT molecular complexity index is 4470. The predicted octanol–water partition coefficient (Wildman–Crippen LogP) is -53.6. The Hall–Kier alpha value is 11.0. The van der Waals surface area contributed by atoms with Crippen LogP contribution in [0.3, 0.4) is 0 Å². The van der Waals surface area contributed by atoms with Crippen LogP contribution in [0.2, 0.25) is 0 Å². The van der Waals surface area contributed by atoms with Gasteiger partial charge in [-0.3, -0.25) is 54.4 Å². The molecule has 0 aromatic rings. The van der Waals surface area contributed by atoms with E-state index >= 15 is 0 Å². The maximum atomic E-state index is 12.8. The van der Waals surface area contributed by atoms with Gasteiger partial charge in [-0.15, -0.1) is 0 Å². The van der Waals surface area contributed by atoms with Gasteiger partial charge in [0.1, 0.15) is 73.2 Å². The second kappa shape index (κ2) is 59.9. The Morgan fingerprint density at radius 2 is 0.377 bits per heavy atom. The number of unbranched alkanes of at least 4 members (excludes halogenated alkanes) is 1. The standard InChI is InChI=1S/C28H50O60S13.13Na/c1-2-3-4-68-25-21(85-98(56,57)58)17(13(80-93(41,42)43)9(73-25)5-69-89(29,30)31)77-26-22(86-99(59,60)61)18(14(81-94(44,45)46)10(74-26)6-70-90(32,33)34)78-27-23(87-100(62,63)64)19(15(82-95(47,48)49)11(75-27)7-71-91(35,36)37)79-28-24(88-101(65,66)67)20(84-97(53,54)55)16(83-96(50,51)52)12(76-28)8-72-92(38,39)40;;;;;;;;;;;;;/h9-28H,2-8H2,1H3,(H,29,30,31)(H,32,33,34)(H,35,36,37)(H,38,39,40)(H,41,42,43)(H,44,45,46)(H,47,48,49)(H,50,51,52)(H,53,54,55)(H,56,57,58)(H,59,60,61)(H,62,63,64)(H,65,66,67);;;;;;;;;;;;;/q;13*+1/p-13/t9-,10-,11-,12-,13-,14-,15-,16-,17+,18+,19+,20+,21-,22-,23-,24-,25?,26+,27+,28+;;;;;;;;;;;;;/m1............./s1. The van der Waals surface area contributed by atoms with Crippen molar-refractivity contribution in [3.05, 3.63) is 0 Å². The molecule has 600 valence electrons. The topological polar surface area (TPSA) is 937 Å². The minimum absolute atomic E-state index is 0. The van der Waals surface area contributed by atoms with Crippen LogP contribution in [0.4, 0.5) is 0 Å². The maximum absolute atomic E-state index is 12.8. The summed E-state index contributed by atoms with van der Waals surface area (Å²) in [5.74, 6) is 0. The molecule has 4 heterocycles. The fourth-order valence-corrected chi connectivity index (χ4v) is 14.2. The fraction of sp³-hybridized carbons (Fsp3) is 1.00. The van der Waals surface area contributed by atoms with Crippen molar-refractivity contribution in [2.24, 2.45) is 0 Å². The summed E-state index contributed by atoms with van der Waals surface area (Å²) < 4.78 is 570. The van der Waals surface area contributed by atoms with Crippen LogP contribution in [0.5, 0.6) is 0 Å². The van der Waals surface area contributed by atoms with Gasteiger partial charge in [-0.25, -0.2) is 109 Å². The van der Waals surface area contributed by atoms with Crippen LogP contribution in [-0.2, 0) is 227 Å². The van der Waals surface area contributed by atoms with Crippen LogP contribution < -0.4 is 384 Å². The van der Waals surface area contributed by atoms with Gasteiger partial charge in [0.05, 0.1) is 26.4 Å². The third-order valence-corrected chi connectivity index (χ3v) is 17.4.